The molecule has 2 N–H and O–H groups in total. The summed E-state index contributed by atoms with van der Waals surface area (Å²) in [6.07, 6.45) is 0. The van der Waals surface area contributed by atoms with Crippen molar-refractivity contribution in [3.8, 4) is 5.69 Å². The molecule has 0 aliphatic heterocycles. The van der Waals surface area contributed by atoms with Gasteiger partial charge in [0.25, 0.3) is 0 Å². The maximum absolute atomic E-state index is 11.9. The third kappa shape index (κ3) is 3.26. The molecular weight excluding hydrogens is 280 g/mol. The molecule has 0 spiro atoms. The first-order valence-corrected chi connectivity index (χ1v) is 6.75. The molecule has 0 saturated carbocycles. The van der Waals surface area contributed by atoms with Gasteiger partial charge in [-0.05, 0) is 34.7 Å². The van der Waals surface area contributed by atoms with Crippen molar-refractivity contribution in [1.82, 2.24) is 25.5 Å². The second-order valence-electron chi connectivity index (χ2n) is 4.52. The third-order valence-electron chi connectivity index (χ3n) is 2.97. The largest absolute Gasteiger partial charge is 0.330 e. The smallest absolute Gasteiger partial charge is 0.319 e. The maximum atomic E-state index is 11.9. The van der Waals surface area contributed by atoms with Gasteiger partial charge in [-0.1, -0.05) is 36.4 Å². The molecule has 0 aliphatic rings. The van der Waals surface area contributed by atoms with Crippen molar-refractivity contribution < 1.29 is 4.79 Å². The summed E-state index contributed by atoms with van der Waals surface area (Å²) in [6, 6.07) is 18.4. The van der Waals surface area contributed by atoms with Crippen LogP contribution in [0.15, 0.2) is 60.7 Å². The average molecular weight is 294 g/mol. The maximum Gasteiger partial charge on any atom is 0.319 e. The van der Waals surface area contributed by atoms with E-state index in [1.807, 2.05) is 60.7 Å². The number of hydrogen-bond acceptors (Lipinski definition) is 4. The Kier molecular flexibility index (Phi) is 4.05. The van der Waals surface area contributed by atoms with Crippen LogP contribution in [-0.2, 0) is 6.54 Å². The molecule has 2 aromatic carbocycles. The second-order valence-corrected chi connectivity index (χ2v) is 4.52. The van der Waals surface area contributed by atoms with Gasteiger partial charge < -0.3 is 10.6 Å². The summed E-state index contributed by atoms with van der Waals surface area (Å²) in [6.45, 7) is 0.223. The van der Waals surface area contributed by atoms with E-state index in [1.54, 1.807) is 4.68 Å². The average Bonchev–Trinajstić information content (AvgIpc) is 3.03. The van der Waals surface area contributed by atoms with Crippen LogP contribution in [0.2, 0.25) is 0 Å². The number of anilines is 1. The van der Waals surface area contributed by atoms with E-state index in [-0.39, 0.29) is 12.6 Å². The SMILES string of the molecule is O=C(NCc1nnnn1-c1ccccc1)Nc1ccccc1. The molecule has 7 heteroatoms. The van der Waals surface area contributed by atoms with Gasteiger partial charge in [0.2, 0.25) is 0 Å². The zero-order chi connectivity index (χ0) is 15.2. The molecule has 0 atom stereocenters. The zero-order valence-electron chi connectivity index (χ0n) is 11.7. The summed E-state index contributed by atoms with van der Waals surface area (Å²) in [7, 11) is 0. The van der Waals surface area contributed by atoms with Crippen LogP contribution in [0.4, 0.5) is 10.5 Å². The van der Waals surface area contributed by atoms with Crippen molar-refractivity contribution in [3.63, 3.8) is 0 Å². The van der Waals surface area contributed by atoms with Crippen molar-refractivity contribution in [3.05, 3.63) is 66.5 Å². The number of amides is 2. The predicted octanol–water partition coefficient (Wildman–Crippen LogP) is 1.98. The Hall–Kier alpha value is -3.22. The first-order chi connectivity index (χ1) is 10.8. The Morgan fingerprint density at radius 1 is 1.00 bits per heavy atom. The van der Waals surface area contributed by atoms with Gasteiger partial charge in [-0.15, -0.1) is 5.10 Å². The number of hydrogen-bond donors (Lipinski definition) is 2. The number of carbonyl (C=O) groups excluding carboxylic acids is 1. The van der Waals surface area contributed by atoms with Crippen molar-refractivity contribution in [2.45, 2.75) is 6.54 Å². The van der Waals surface area contributed by atoms with Gasteiger partial charge in [-0.25, -0.2) is 4.79 Å². The van der Waals surface area contributed by atoms with Crippen molar-refractivity contribution in [2.75, 3.05) is 5.32 Å². The molecule has 0 bridgehead atoms. The van der Waals surface area contributed by atoms with Crippen molar-refractivity contribution >= 4 is 11.7 Å². The molecule has 0 saturated heterocycles. The van der Waals surface area contributed by atoms with Crippen LogP contribution >= 0.6 is 0 Å². The lowest BCUT2D eigenvalue weighted by Crippen LogP contribution is -2.29. The molecular formula is C15H14N6O. The molecule has 0 fully saturated rings. The Morgan fingerprint density at radius 3 is 2.41 bits per heavy atom. The number of para-hydroxylation sites is 2. The van der Waals surface area contributed by atoms with E-state index in [0.29, 0.717) is 5.82 Å². The highest BCUT2D eigenvalue weighted by molar-refractivity contribution is 5.89. The van der Waals surface area contributed by atoms with Gasteiger partial charge in [0, 0.05) is 5.69 Å². The number of aromatic nitrogens is 4. The minimum atomic E-state index is -0.311. The first-order valence-electron chi connectivity index (χ1n) is 6.75. The fraction of sp³-hybridized carbons (Fsp3) is 0.0667. The molecule has 0 radical (unpaired) electrons. The normalized spacial score (nSPS) is 10.2. The zero-order valence-corrected chi connectivity index (χ0v) is 11.7. The highest BCUT2D eigenvalue weighted by atomic mass is 16.2. The Bertz CT molecular complexity index is 741. The number of benzene rings is 2. The fourth-order valence-corrected chi connectivity index (χ4v) is 1.94. The molecule has 1 aromatic heterocycles. The lowest BCUT2D eigenvalue weighted by molar-refractivity contribution is 0.251. The highest BCUT2D eigenvalue weighted by Gasteiger charge is 2.09. The van der Waals surface area contributed by atoms with Crippen LogP contribution in [0.25, 0.3) is 5.69 Å². The van der Waals surface area contributed by atoms with Gasteiger partial charge in [0.1, 0.15) is 0 Å². The number of rotatable bonds is 4. The molecule has 0 aliphatic carbocycles. The van der Waals surface area contributed by atoms with Gasteiger partial charge in [0.05, 0.1) is 12.2 Å². The monoisotopic (exact) mass is 294 g/mol. The third-order valence-corrected chi connectivity index (χ3v) is 2.97. The fourth-order valence-electron chi connectivity index (χ4n) is 1.94. The number of nitrogens with zero attached hydrogens (tertiary/aromatic N) is 4. The Labute approximate surface area is 127 Å². The number of urea groups is 1. The Morgan fingerprint density at radius 2 is 1.68 bits per heavy atom. The van der Waals surface area contributed by atoms with Crippen LogP contribution in [0, 0.1) is 0 Å². The summed E-state index contributed by atoms with van der Waals surface area (Å²) in [5.74, 6) is 0.550. The first kappa shape index (κ1) is 13.7. The second kappa shape index (κ2) is 6.49. The van der Waals surface area contributed by atoms with E-state index in [9.17, 15) is 4.79 Å². The topological polar surface area (TPSA) is 84.7 Å². The van der Waals surface area contributed by atoms with Gasteiger partial charge >= 0.3 is 6.03 Å². The highest BCUT2D eigenvalue weighted by Crippen LogP contribution is 2.07. The summed E-state index contributed by atoms with van der Waals surface area (Å²) < 4.78 is 1.59. The summed E-state index contributed by atoms with van der Waals surface area (Å²) in [5.41, 5.74) is 1.57. The van der Waals surface area contributed by atoms with Crippen LogP contribution in [0.3, 0.4) is 0 Å². The van der Waals surface area contributed by atoms with Crippen LogP contribution in [-0.4, -0.2) is 26.2 Å². The molecule has 3 aromatic rings. The van der Waals surface area contributed by atoms with Crippen LogP contribution in [0.1, 0.15) is 5.82 Å². The van der Waals surface area contributed by atoms with Crippen molar-refractivity contribution in [1.29, 1.82) is 0 Å². The Balaban J connectivity index is 1.63. The molecule has 7 nitrogen and oxygen atoms in total. The predicted molar refractivity (Wildman–Crippen MR) is 81.5 cm³/mol. The van der Waals surface area contributed by atoms with Crippen LogP contribution < -0.4 is 10.6 Å². The molecule has 110 valence electrons. The van der Waals surface area contributed by atoms with E-state index < -0.39 is 0 Å². The van der Waals surface area contributed by atoms with Gasteiger partial charge in [0.15, 0.2) is 5.82 Å². The summed E-state index contributed by atoms with van der Waals surface area (Å²) in [4.78, 5) is 11.9. The van der Waals surface area contributed by atoms with Crippen molar-refractivity contribution in [2.24, 2.45) is 0 Å². The quantitative estimate of drug-likeness (QED) is 0.770. The van der Waals surface area contributed by atoms with E-state index in [1.165, 1.54) is 0 Å². The van der Waals surface area contributed by atoms with E-state index in [2.05, 4.69) is 26.2 Å². The van der Waals surface area contributed by atoms with E-state index in [0.717, 1.165) is 11.4 Å². The van der Waals surface area contributed by atoms with Crippen LogP contribution in [0.5, 0.6) is 0 Å². The minimum Gasteiger partial charge on any atom is -0.330 e. The molecule has 3 rings (SSSR count). The minimum absolute atomic E-state index is 0.223. The molecule has 1 heterocycles. The lowest BCUT2D eigenvalue weighted by Gasteiger charge is -2.07. The van der Waals surface area contributed by atoms with E-state index in [4.69, 9.17) is 0 Å². The molecule has 2 amide bonds. The molecule has 22 heavy (non-hydrogen) atoms. The number of tetrazole rings is 1. The number of nitrogens with one attached hydrogen (secondary N) is 2. The lowest BCUT2D eigenvalue weighted by atomic mass is 10.3. The van der Waals surface area contributed by atoms with Gasteiger partial charge in [-0.3, -0.25) is 0 Å². The summed E-state index contributed by atoms with van der Waals surface area (Å²) >= 11 is 0. The standard InChI is InChI=1S/C15H14N6O/c22-15(17-12-7-3-1-4-8-12)16-11-14-18-19-20-21(14)13-9-5-2-6-10-13/h1-10H,11H2,(H2,16,17,22). The van der Waals surface area contributed by atoms with Gasteiger partial charge in [-0.2, -0.15) is 4.68 Å². The molecule has 0 unspecified atom stereocenters. The van der Waals surface area contributed by atoms with E-state index >= 15 is 0 Å². The number of carbonyl (C=O) groups is 1. The summed E-state index contributed by atoms with van der Waals surface area (Å²) in [5, 5.41) is 17.0.